The number of carbonyl (C=O) groups excluding carboxylic acids is 1. The van der Waals surface area contributed by atoms with Crippen LogP contribution in [0.1, 0.15) is 29.6 Å². The van der Waals surface area contributed by atoms with Crippen molar-refractivity contribution >= 4 is 5.91 Å². The summed E-state index contributed by atoms with van der Waals surface area (Å²) in [5.41, 5.74) is 1.22. The number of alkyl halides is 2. The lowest BCUT2D eigenvalue weighted by atomic mass is 10.2. The molecule has 0 spiro atoms. The molecule has 1 fully saturated rings. The summed E-state index contributed by atoms with van der Waals surface area (Å²) >= 11 is 0. The smallest absolute Gasteiger partial charge is 0.345 e. The predicted octanol–water partition coefficient (Wildman–Crippen LogP) is 2.76. The first kappa shape index (κ1) is 15.6. The Morgan fingerprint density at radius 3 is 2.83 bits per heavy atom. The third-order valence-electron chi connectivity index (χ3n) is 3.91. The minimum atomic E-state index is -2.82. The van der Waals surface area contributed by atoms with Crippen molar-refractivity contribution in [2.45, 2.75) is 38.0 Å². The largest absolute Gasteiger partial charge is 0.347 e. The Balaban J connectivity index is 1.66. The highest BCUT2D eigenvalue weighted by molar-refractivity contribution is 5.94. The summed E-state index contributed by atoms with van der Waals surface area (Å²) < 4.78 is 30.9. The zero-order valence-electron chi connectivity index (χ0n) is 12.4. The van der Waals surface area contributed by atoms with E-state index in [1.54, 1.807) is 10.9 Å². The molecule has 0 saturated heterocycles. The number of para-hydroxylation sites is 1. The van der Waals surface area contributed by atoms with Crippen LogP contribution in [0.3, 0.4) is 0 Å². The summed E-state index contributed by atoms with van der Waals surface area (Å²) in [4.78, 5) is 12.3. The molecule has 122 valence electrons. The number of aromatic nitrogens is 2. The van der Waals surface area contributed by atoms with Crippen molar-refractivity contribution < 1.29 is 18.3 Å². The van der Waals surface area contributed by atoms with Gasteiger partial charge in [-0.2, -0.15) is 13.9 Å². The summed E-state index contributed by atoms with van der Waals surface area (Å²) in [6, 6.07) is 9.00. The van der Waals surface area contributed by atoms with E-state index in [-0.39, 0.29) is 5.91 Å². The highest BCUT2D eigenvalue weighted by atomic mass is 19.3. The Bertz CT molecular complexity index is 660. The van der Waals surface area contributed by atoms with Crippen molar-refractivity contribution in [2.75, 3.05) is 0 Å². The number of nitrogens with one attached hydrogen (secondary N) is 1. The van der Waals surface area contributed by atoms with Crippen LogP contribution < -0.4 is 5.32 Å². The van der Waals surface area contributed by atoms with Gasteiger partial charge in [0, 0.05) is 6.20 Å². The molecule has 0 aliphatic heterocycles. The maximum Gasteiger partial charge on any atom is 0.345 e. The van der Waals surface area contributed by atoms with E-state index in [1.807, 2.05) is 30.3 Å². The Labute approximate surface area is 132 Å². The maximum atomic E-state index is 12.4. The van der Waals surface area contributed by atoms with Crippen molar-refractivity contribution in [3.8, 4) is 5.69 Å². The van der Waals surface area contributed by atoms with E-state index < -0.39 is 18.8 Å². The molecule has 0 radical (unpaired) electrons. The van der Waals surface area contributed by atoms with Crippen LogP contribution in [0.25, 0.3) is 5.69 Å². The molecule has 7 heteroatoms. The van der Waals surface area contributed by atoms with Gasteiger partial charge in [-0.3, -0.25) is 4.79 Å². The van der Waals surface area contributed by atoms with E-state index >= 15 is 0 Å². The van der Waals surface area contributed by atoms with Crippen LogP contribution in [0.5, 0.6) is 0 Å². The van der Waals surface area contributed by atoms with E-state index in [4.69, 9.17) is 0 Å². The Morgan fingerprint density at radius 2 is 2.09 bits per heavy atom. The zero-order valence-corrected chi connectivity index (χ0v) is 12.4. The number of amides is 1. The first-order valence-electron chi connectivity index (χ1n) is 7.48. The lowest BCUT2D eigenvalue weighted by molar-refractivity contribution is -0.165. The van der Waals surface area contributed by atoms with Gasteiger partial charge in [0.05, 0.1) is 29.6 Å². The molecule has 3 rings (SSSR count). The third-order valence-corrected chi connectivity index (χ3v) is 3.91. The van der Waals surface area contributed by atoms with Crippen LogP contribution >= 0.6 is 0 Å². The summed E-state index contributed by atoms with van der Waals surface area (Å²) in [7, 11) is 0. The summed E-state index contributed by atoms with van der Waals surface area (Å²) in [5.74, 6) is -0.332. The van der Waals surface area contributed by atoms with Crippen molar-refractivity contribution in [3.05, 3.63) is 48.3 Å². The molecule has 1 aromatic heterocycles. The quantitative estimate of drug-likeness (QED) is 0.921. The average molecular weight is 321 g/mol. The van der Waals surface area contributed by atoms with Gasteiger partial charge in [-0.15, -0.1) is 0 Å². The molecule has 1 aliphatic rings. The lowest BCUT2D eigenvalue weighted by Crippen LogP contribution is -2.41. The van der Waals surface area contributed by atoms with Gasteiger partial charge in [0.15, 0.2) is 0 Å². The van der Waals surface area contributed by atoms with E-state index in [9.17, 15) is 13.6 Å². The third kappa shape index (κ3) is 3.73. The van der Waals surface area contributed by atoms with Gasteiger partial charge in [0.1, 0.15) is 0 Å². The number of hydrogen-bond donors (Lipinski definition) is 1. The molecule has 5 nitrogen and oxygen atoms in total. The van der Waals surface area contributed by atoms with E-state index in [0.717, 1.165) is 12.1 Å². The molecule has 1 saturated carbocycles. The fourth-order valence-corrected chi connectivity index (χ4v) is 2.80. The summed E-state index contributed by atoms with van der Waals surface area (Å²) in [6.07, 6.45) is 4.35. The molecule has 1 aliphatic carbocycles. The van der Waals surface area contributed by atoms with Crippen molar-refractivity contribution in [1.82, 2.24) is 15.1 Å². The SMILES string of the molecule is O=C(N[C@@H]1CCC[C@H]1OC(F)F)c1cnn(-c2ccccc2)c1. The van der Waals surface area contributed by atoms with Crippen LogP contribution in [-0.4, -0.2) is 34.4 Å². The Morgan fingerprint density at radius 1 is 1.30 bits per heavy atom. The summed E-state index contributed by atoms with van der Waals surface area (Å²) in [6.45, 7) is -2.82. The van der Waals surface area contributed by atoms with Gasteiger partial charge >= 0.3 is 6.61 Å². The first-order valence-corrected chi connectivity index (χ1v) is 7.48. The Hall–Kier alpha value is -2.28. The minimum Gasteiger partial charge on any atom is -0.347 e. The van der Waals surface area contributed by atoms with Gasteiger partial charge in [-0.25, -0.2) is 4.68 Å². The number of halogens is 2. The lowest BCUT2D eigenvalue weighted by Gasteiger charge is -2.20. The monoisotopic (exact) mass is 321 g/mol. The second-order valence-corrected chi connectivity index (χ2v) is 5.46. The van der Waals surface area contributed by atoms with Crippen molar-refractivity contribution in [2.24, 2.45) is 0 Å². The number of carbonyl (C=O) groups is 1. The highest BCUT2D eigenvalue weighted by Crippen LogP contribution is 2.24. The van der Waals surface area contributed by atoms with Gasteiger partial charge in [-0.05, 0) is 31.4 Å². The minimum absolute atomic E-state index is 0.332. The van der Waals surface area contributed by atoms with E-state index in [1.165, 1.54) is 6.20 Å². The molecule has 2 aromatic rings. The first-order chi connectivity index (χ1) is 11.1. The number of benzene rings is 1. The molecular weight excluding hydrogens is 304 g/mol. The fraction of sp³-hybridized carbons (Fsp3) is 0.375. The molecule has 0 unspecified atom stereocenters. The summed E-state index contributed by atoms with van der Waals surface area (Å²) in [5, 5.41) is 6.92. The standard InChI is InChI=1S/C16H17F2N3O2/c17-16(18)23-14-8-4-7-13(14)20-15(22)11-9-19-21(10-11)12-5-2-1-3-6-12/h1-3,5-6,9-10,13-14,16H,4,7-8H2,(H,20,22)/t13-,14-/m1/s1. The highest BCUT2D eigenvalue weighted by Gasteiger charge is 2.31. The van der Waals surface area contributed by atoms with Crippen molar-refractivity contribution in [1.29, 1.82) is 0 Å². The molecule has 23 heavy (non-hydrogen) atoms. The van der Waals surface area contributed by atoms with Gasteiger partial charge < -0.3 is 10.1 Å². The number of hydrogen-bond acceptors (Lipinski definition) is 3. The molecule has 1 heterocycles. The van der Waals surface area contributed by atoms with Gasteiger partial charge in [0.25, 0.3) is 5.91 Å². The molecular formula is C16H17F2N3O2. The van der Waals surface area contributed by atoms with E-state index in [0.29, 0.717) is 18.4 Å². The average Bonchev–Trinajstić information content (AvgIpc) is 3.18. The van der Waals surface area contributed by atoms with Crippen LogP contribution in [0.15, 0.2) is 42.7 Å². The van der Waals surface area contributed by atoms with Crippen LogP contribution in [0.4, 0.5) is 8.78 Å². The predicted molar refractivity (Wildman–Crippen MR) is 79.5 cm³/mol. The molecule has 1 amide bonds. The Kier molecular flexibility index (Phi) is 4.66. The number of ether oxygens (including phenoxy) is 1. The second kappa shape index (κ2) is 6.87. The second-order valence-electron chi connectivity index (χ2n) is 5.46. The van der Waals surface area contributed by atoms with Crippen molar-refractivity contribution in [3.63, 3.8) is 0 Å². The maximum absolute atomic E-state index is 12.4. The van der Waals surface area contributed by atoms with Crippen LogP contribution in [0, 0.1) is 0 Å². The number of rotatable bonds is 5. The normalized spacial score (nSPS) is 20.8. The molecule has 1 aromatic carbocycles. The molecule has 1 N–H and O–H groups in total. The number of nitrogens with zero attached hydrogens (tertiary/aromatic N) is 2. The zero-order chi connectivity index (χ0) is 16.2. The van der Waals surface area contributed by atoms with Crippen LogP contribution in [0.2, 0.25) is 0 Å². The molecule has 2 atom stereocenters. The van der Waals surface area contributed by atoms with Crippen LogP contribution in [-0.2, 0) is 4.74 Å². The van der Waals surface area contributed by atoms with Gasteiger partial charge in [0.2, 0.25) is 0 Å². The van der Waals surface area contributed by atoms with Gasteiger partial charge in [-0.1, -0.05) is 18.2 Å². The molecule has 0 bridgehead atoms. The fourth-order valence-electron chi connectivity index (χ4n) is 2.80. The topological polar surface area (TPSA) is 56.1 Å². The van der Waals surface area contributed by atoms with E-state index in [2.05, 4.69) is 15.2 Å².